The van der Waals surface area contributed by atoms with E-state index in [1.165, 1.54) is 6.07 Å². The number of rotatable bonds is 1. The van der Waals surface area contributed by atoms with E-state index in [2.05, 4.69) is 0 Å². The van der Waals surface area contributed by atoms with Crippen LogP contribution in [-0.4, -0.2) is 4.57 Å². The van der Waals surface area contributed by atoms with Gasteiger partial charge >= 0.3 is 0 Å². The van der Waals surface area contributed by atoms with Crippen molar-refractivity contribution in [2.24, 2.45) is 0 Å². The van der Waals surface area contributed by atoms with Crippen LogP contribution >= 0.6 is 0 Å². The van der Waals surface area contributed by atoms with Crippen molar-refractivity contribution in [3.05, 3.63) is 46.1 Å². The molecule has 0 amide bonds. The number of halogens is 1. The first-order valence-electron chi connectivity index (χ1n) is 6.56. The molecule has 2 aromatic rings. The van der Waals surface area contributed by atoms with Crippen LogP contribution in [0.4, 0.5) is 4.39 Å². The molecule has 0 spiro atoms. The van der Waals surface area contributed by atoms with Gasteiger partial charge in [0.25, 0.3) is 5.56 Å². The molecule has 0 saturated heterocycles. The van der Waals surface area contributed by atoms with Crippen LogP contribution in [0.5, 0.6) is 0 Å². The highest BCUT2D eigenvalue weighted by Gasteiger charge is 2.18. The summed E-state index contributed by atoms with van der Waals surface area (Å²) >= 11 is 0. The molecule has 1 aromatic heterocycles. The minimum Gasteiger partial charge on any atom is -0.312 e. The predicted octanol–water partition coefficient (Wildman–Crippen LogP) is 4.02. The van der Waals surface area contributed by atoms with Crippen molar-refractivity contribution in [2.75, 3.05) is 0 Å². The lowest BCUT2D eigenvalue weighted by Gasteiger charge is -2.20. The highest BCUT2D eigenvalue weighted by atomic mass is 19.1. The van der Waals surface area contributed by atoms with Crippen molar-refractivity contribution >= 4 is 10.8 Å². The van der Waals surface area contributed by atoms with E-state index in [-0.39, 0.29) is 22.4 Å². The number of aromatic nitrogens is 1. The fourth-order valence-corrected chi connectivity index (χ4v) is 2.18. The maximum atomic E-state index is 14.3. The molecule has 1 aromatic carbocycles. The zero-order valence-corrected chi connectivity index (χ0v) is 12.1. The molecule has 0 atom stereocenters. The normalized spacial score (nSPS) is 12.4. The molecule has 0 aliphatic rings. The van der Waals surface area contributed by atoms with Gasteiger partial charge in [-0.1, -0.05) is 26.8 Å². The minimum absolute atomic E-state index is 0.0265. The Kier molecular flexibility index (Phi) is 3.25. The average molecular weight is 261 g/mol. The first-order chi connectivity index (χ1) is 8.71. The van der Waals surface area contributed by atoms with Crippen LogP contribution in [0.25, 0.3) is 10.8 Å². The molecule has 3 heteroatoms. The molecule has 0 N–H and O–H groups in total. The molecule has 0 aliphatic carbocycles. The van der Waals surface area contributed by atoms with Gasteiger partial charge in [-0.3, -0.25) is 4.79 Å². The molecule has 19 heavy (non-hydrogen) atoms. The Morgan fingerprint density at radius 2 is 1.84 bits per heavy atom. The summed E-state index contributed by atoms with van der Waals surface area (Å²) in [6, 6.07) is 5.23. The Labute approximate surface area is 112 Å². The molecule has 0 aliphatic heterocycles. The Morgan fingerprint density at radius 1 is 1.21 bits per heavy atom. The van der Waals surface area contributed by atoms with E-state index in [4.69, 9.17) is 0 Å². The fourth-order valence-electron chi connectivity index (χ4n) is 2.18. The van der Waals surface area contributed by atoms with Gasteiger partial charge in [-0.05, 0) is 42.3 Å². The van der Waals surface area contributed by atoms with Gasteiger partial charge in [-0.2, -0.15) is 0 Å². The molecule has 0 saturated carbocycles. The first-order valence-corrected chi connectivity index (χ1v) is 6.56. The molecule has 102 valence electrons. The van der Waals surface area contributed by atoms with Crippen LogP contribution in [0.1, 0.15) is 46.2 Å². The summed E-state index contributed by atoms with van der Waals surface area (Å²) in [6.07, 6.45) is 1.74. The zero-order valence-electron chi connectivity index (χ0n) is 12.1. The standard InChI is InChI=1S/C16H20FNO/c1-10(2)18-7-6-11-8-12(16(3,4)5)9-13(17)14(11)15(18)19/h6-10H,1-5H3. The molecule has 0 fully saturated rings. The third kappa shape index (κ3) is 2.42. The summed E-state index contributed by atoms with van der Waals surface area (Å²) in [6.45, 7) is 9.91. The lowest BCUT2D eigenvalue weighted by Crippen LogP contribution is -2.22. The largest absolute Gasteiger partial charge is 0.312 e. The van der Waals surface area contributed by atoms with Gasteiger partial charge in [0, 0.05) is 12.2 Å². The summed E-state index contributed by atoms with van der Waals surface area (Å²) in [4.78, 5) is 12.3. The van der Waals surface area contributed by atoms with Crippen LogP contribution in [0.3, 0.4) is 0 Å². The monoisotopic (exact) mass is 261 g/mol. The molecular formula is C16H20FNO. The SMILES string of the molecule is CC(C)n1ccc2cc(C(C)(C)C)cc(F)c2c1=O. The maximum Gasteiger partial charge on any atom is 0.261 e. The van der Waals surface area contributed by atoms with E-state index in [0.29, 0.717) is 5.39 Å². The second kappa shape index (κ2) is 4.48. The summed E-state index contributed by atoms with van der Waals surface area (Å²) in [7, 11) is 0. The van der Waals surface area contributed by atoms with E-state index in [0.717, 1.165) is 5.56 Å². The van der Waals surface area contributed by atoms with Crippen LogP contribution in [-0.2, 0) is 5.41 Å². The smallest absolute Gasteiger partial charge is 0.261 e. The Bertz CT molecular complexity index is 677. The van der Waals surface area contributed by atoms with E-state index < -0.39 is 5.82 Å². The van der Waals surface area contributed by atoms with Gasteiger partial charge in [-0.25, -0.2) is 4.39 Å². The summed E-state index contributed by atoms with van der Waals surface area (Å²) < 4.78 is 15.8. The number of benzene rings is 1. The van der Waals surface area contributed by atoms with Crippen LogP contribution in [0, 0.1) is 5.82 Å². The summed E-state index contributed by atoms with van der Waals surface area (Å²) in [5.41, 5.74) is 0.506. The van der Waals surface area contributed by atoms with Crippen molar-refractivity contribution in [1.29, 1.82) is 0 Å². The fraction of sp³-hybridized carbons (Fsp3) is 0.438. The maximum absolute atomic E-state index is 14.3. The lowest BCUT2D eigenvalue weighted by molar-refractivity contribution is 0.568. The number of hydrogen-bond donors (Lipinski definition) is 0. The predicted molar refractivity (Wildman–Crippen MR) is 77.3 cm³/mol. The quantitative estimate of drug-likeness (QED) is 0.760. The van der Waals surface area contributed by atoms with Crippen molar-refractivity contribution in [3.63, 3.8) is 0 Å². The number of pyridine rings is 1. The highest BCUT2D eigenvalue weighted by Crippen LogP contribution is 2.27. The van der Waals surface area contributed by atoms with E-state index >= 15 is 0 Å². The topological polar surface area (TPSA) is 22.0 Å². The second-order valence-corrected chi connectivity index (χ2v) is 6.29. The summed E-state index contributed by atoms with van der Waals surface area (Å²) in [5, 5.41) is 0.857. The van der Waals surface area contributed by atoms with Crippen molar-refractivity contribution in [1.82, 2.24) is 4.57 Å². The van der Waals surface area contributed by atoms with Crippen molar-refractivity contribution < 1.29 is 4.39 Å². The van der Waals surface area contributed by atoms with Crippen LogP contribution < -0.4 is 5.56 Å². The molecule has 0 bridgehead atoms. The van der Waals surface area contributed by atoms with Crippen LogP contribution in [0.2, 0.25) is 0 Å². The third-order valence-electron chi connectivity index (χ3n) is 3.41. The molecular weight excluding hydrogens is 241 g/mol. The second-order valence-electron chi connectivity index (χ2n) is 6.29. The molecule has 0 radical (unpaired) electrons. The molecule has 2 nitrogen and oxygen atoms in total. The average Bonchev–Trinajstić information content (AvgIpc) is 2.26. The van der Waals surface area contributed by atoms with Crippen molar-refractivity contribution in [3.8, 4) is 0 Å². The van der Waals surface area contributed by atoms with E-state index in [9.17, 15) is 9.18 Å². The summed E-state index contributed by atoms with van der Waals surface area (Å²) in [5.74, 6) is -0.428. The van der Waals surface area contributed by atoms with Crippen LogP contribution in [0.15, 0.2) is 29.2 Å². The number of fused-ring (bicyclic) bond motifs is 1. The third-order valence-corrected chi connectivity index (χ3v) is 3.41. The Balaban J connectivity index is 2.81. The van der Waals surface area contributed by atoms with Gasteiger partial charge in [-0.15, -0.1) is 0 Å². The Hall–Kier alpha value is -1.64. The molecule has 2 rings (SSSR count). The number of nitrogens with zero attached hydrogens (tertiary/aromatic N) is 1. The minimum atomic E-state index is -0.428. The van der Waals surface area contributed by atoms with E-state index in [1.807, 2.05) is 46.8 Å². The highest BCUT2D eigenvalue weighted by molar-refractivity contribution is 5.83. The zero-order chi connectivity index (χ0) is 14.4. The van der Waals surface area contributed by atoms with Gasteiger partial charge < -0.3 is 4.57 Å². The molecule has 0 unspecified atom stereocenters. The van der Waals surface area contributed by atoms with Gasteiger partial charge in [0.2, 0.25) is 0 Å². The first kappa shape index (κ1) is 13.8. The number of hydrogen-bond acceptors (Lipinski definition) is 1. The Morgan fingerprint density at radius 3 is 2.37 bits per heavy atom. The van der Waals surface area contributed by atoms with Gasteiger partial charge in [0.05, 0.1) is 5.39 Å². The van der Waals surface area contributed by atoms with Gasteiger partial charge in [0.15, 0.2) is 0 Å². The van der Waals surface area contributed by atoms with E-state index in [1.54, 1.807) is 10.8 Å². The lowest BCUT2D eigenvalue weighted by atomic mass is 9.86. The van der Waals surface area contributed by atoms with Gasteiger partial charge in [0.1, 0.15) is 5.82 Å². The van der Waals surface area contributed by atoms with Crippen molar-refractivity contribution in [2.45, 2.75) is 46.1 Å². The molecule has 1 heterocycles.